The van der Waals surface area contributed by atoms with Gasteiger partial charge in [-0.15, -0.1) is 0 Å². The van der Waals surface area contributed by atoms with E-state index in [0.29, 0.717) is 29.5 Å². The Morgan fingerprint density at radius 1 is 1.10 bits per heavy atom. The van der Waals surface area contributed by atoms with Crippen molar-refractivity contribution in [1.82, 2.24) is 14.9 Å². The summed E-state index contributed by atoms with van der Waals surface area (Å²) in [4.78, 5) is 11.2. The highest BCUT2D eigenvalue weighted by atomic mass is 19.1. The molecule has 4 rings (SSSR count). The van der Waals surface area contributed by atoms with Crippen molar-refractivity contribution in [3.63, 3.8) is 0 Å². The number of halogens is 1. The van der Waals surface area contributed by atoms with Gasteiger partial charge in [-0.05, 0) is 69.1 Å². The standard InChI is InChI=1S/C23H27FN4O2/c1-16-12-17(6-7-19(16)24)27-23-18-13-21(29-2)22(14-20(18)25-15-26-23)30-11-5-10-28-8-3-4-9-28/h6-7,12-15H,3-5,8-11H2,1-2H3,(H,25,26,27). The number of ether oxygens (including phenoxy) is 2. The van der Waals surface area contributed by atoms with E-state index in [2.05, 4.69) is 20.2 Å². The second kappa shape index (κ2) is 9.26. The fourth-order valence-corrected chi connectivity index (χ4v) is 3.77. The van der Waals surface area contributed by atoms with Crippen LogP contribution >= 0.6 is 0 Å². The lowest BCUT2D eigenvalue weighted by Gasteiger charge is -2.16. The lowest BCUT2D eigenvalue weighted by atomic mass is 10.2. The summed E-state index contributed by atoms with van der Waals surface area (Å²) < 4.78 is 25.1. The number of aromatic nitrogens is 2. The first-order valence-corrected chi connectivity index (χ1v) is 10.3. The number of nitrogens with one attached hydrogen (secondary N) is 1. The molecule has 0 unspecified atom stereocenters. The van der Waals surface area contributed by atoms with Crippen LogP contribution in [-0.4, -0.2) is 48.2 Å². The van der Waals surface area contributed by atoms with Crippen molar-refractivity contribution in [2.45, 2.75) is 26.2 Å². The van der Waals surface area contributed by atoms with Gasteiger partial charge in [-0.2, -0.15) is 0 Å². The summed E-state index contributed by atoms with van der Waals surface area (Å²) in [5, 5.41) is 4.06. The largest absolute Gasteiger partial charge is 0.493 e. The highest BCUT2D eigenvalue weighted by molar-refractivity contribution is 5.93. The number of rotatable bonds is 8. The summed E-state index contributed by atoms with van der Waals surface area (Å²) in [6.07, 6.45) is 5.08. The fraction of sp³-hybridized carbons (Fsp3) is 0.391. The summed E-state index contributed by atoms with van der Waals surface area (Å²) in [5.74, 6) is 1.71. The van der Waals surface area contributed by atoms with Crippen LogP contribution in [0.2, 0.25) is 0 Å². The van der Waals surface area contributed by atoms with E-state index in [1.165, 1.54) is 38.3 Å². The van der Waals surface area contributed by atoms with Gasteiger partial charge in [0.15, 0.2) is 11.5 Å². The van der Waals surface area contributed by atoms with Crippen LogP contribution in [-0.2, 0) is 0 Å². The molecule has 1 aliphatic rings. The van der Waals surface area contributed by atoms with Gasteiger partial charge in [0.1, 0.15) is 18.0 Å². The number of anilines is 2. The Labute approximate surface area is 176 Å². The predicted molar refractivity (Wildman–Crippen MR) is 116 cm³/mol. The first-order chi connectivity index (χ1) is 14.6. The average Bonchev–Trinajstić information content (AvgIpc) is 3.27. The Balaban J connectivity index is 1.51. The molecule has 0 aliphatic carbocycles. The van der Waals surface area contributed by atoms with Crippen LogP contribution in [0.25, 0.3) is 10.9 Å². The van der Waals surface area contributed by atoms with Gasteiger partial charge in [-0.1, -0.05) is 0 Å². The molecule has 1 N–H and O–H groups in total. The van der Waals surface area contributed by atoms with Crippen LogP contribution in [0.3, 0.4) is 0 Å². The van der Waals surface area contributed by atoms with Gasteiger partial charge in [0.05, 0.1) is 19.2 Å². The molecule has 0 atom stereocenters. The van der Waals surface area contributed by atoms with Crippen molar-refractivity contribution < 1.29 is 13.9 Å². The van der Waals surface area contributed by atoms with E-state index in [9.17, 15) is 4.39 Å². The van der Waals surface area contributed by atoms with E-state index in [-0.39, 0.29) is 5.82 Å². The van der Waals surface area contributed by atoms with E-state index in [0.717, 1.165) is 29.6 Å². The summed E-state index contributed by atoms with van der Waals surface area (Å²) >= 11 is 0. The molecule has 0 amide bonds. The summed E-state index contributed by atoms with van der Waals surface area (Å²) in [5.41, 5.74) is 2.08. The lowest BCUT2D eigenvalue weighted by Crippen LogP contribution is -2.21. The Morgan fingerprint density at radius 2 is 1.93 bits per heavy atom. The minimum absolute atomic E-state index is 0.235. The Bertz CT molecular complexity index is 1020. The SMILES string of the molecule is COc1cc2c(Nc3ccc(F)c(C)c3)ncnc2cc1OCCCN1CCCC1. The molecule has 30 heavy (non-hydrogen) atoms. The minimum Gasteiger partial charge on any atom is -0.493 e. The van der Waals surface area contributed by atoms with Crippen molar-refractivity contribution in [1.29, 1.82) is 0 Å². The van der Waals surface area contributed by atoms with Gasteiger partial charge >= 0.3 is 0 Å². The van der Waals surface area contributed by atoms with Crippen LogP contribution in [0, 0.1) is 12.7 Å². The number of aryl methyl sites for hydroxylation is 1. The lowest BCUT2D eigenvalue weighted by molar-refractivity contribution is 0.254. The van der Waals surface area contributed by atoms with Gasteiger partial charge in [0.25, 0.3) is 0 Å². The molecule has 0 radical (unpaired) electrons. The highest BCUT2D eigenvalue weighted by Gasteiger charge is 2.14. The smallest absolute Gasteiger partial charge is 0.163 e. The van der Waals surface area contributed by atoms with Crippen LogP contribution in [0.1, 0.15) is 24.8 Å². The second-order valence-electron chi connectivity index (χ2n) is 7.58. The number of likely N-dealkylation sites (tertiary alicyclic amines) is 1. The van der Waals surface area contributed by atoms with Gasteiger partial charge in [0.2, 0.25) is 0 Å². The molecule has 0 spiro atoms. The van der Waals surface area contributed by atoms with Crippen molar-refractivity contribution in [2.24, 2.45) is 0 Å². The molecule has 0 bridgehead atoms. The topological polar surface area (TPSA) is 59.5 Å². The van der Waals surface area contributed by atoms with Crippen molar-refractivity contribution in [2.75, 3.05) is 38.7 Å². The molecule has 1 aliphatic heterocycles. The summed E-state index contributed by atoms with van der Waals surface area (Å²) in [6.45, 7) is 5.81. The number of hydrogen-bond donors (Lipinski definition) is 1. The Hall–Kier alpha value is -2.93. The maximum absolute atomic E-state index is 13.6. The maximum Gasteiger partial charge on any atom is 0.163 e. The zero-order chi connectivity index (χ0) is 20.9. The third-order valence-electron chi connectivity index (χ3n) is 5.42. The molecule has 6 nitrogen and oxygen atoms in total. The molecule has 7 heteroatoms. The molecule has 0 saturated carbocycles. The number of methoxy groups -OCH3 is 1. The van der Waals surface area contributed by atoms with Crippen LogP contribution in [0.5, 0.6) is 11.5 Å². The Kier molecular flexibility index (Phi) is 6.28. The zero-order valence-electron chi connectivity index (χ0n) is 17.4. The number of hydrogen-bond acceptors (Lipinski definition) is 6. The average molecular weight is 410 g/mol. The van der Waals surface area contributed by atoms with Gasteiger partial charge < -0.3 is 19.7 Å². The fourth-order valence-electron chi connectivity index (χ4n) is 3.77. The normalized spacial score (nSPS) is 14.2. The van der Waals surface area contributed by atoms with Gasteiger partial charge in [0, 0.05) is 23.7 Å². The third-order valence-corrected chi connectivity index (χ3v) is 5.42. The molecule has 1 saturated heterocycles. The third kappa shape index (κ3) is 4.62. The van der Waals surface area contributed by atoms with E-state index < -0.39 is 0 Å². The van der Waals surface area contributed by atoms with Crippen molar-refractivity contribution in [3.8, 4) is 11.5 Å². The van der Waals surface area contributed by atoms with Gasteiger partial charge in [-0.25, -0.2) is 14.4 Å². The molecule has 158 valence electrons. The van der Waals surface area contributed by atoms with E-state index in [1.807, 2.05) is 12.1 Å². The Morgan fingerprint density at radius 3 is 2.70 bits per heavy atom. The molecule has 1 fully saturated rings. The number of nitrogens with zero attached hydrogens (tertiary/aromatic N) is 3. The van der Waals surface area contributed by atoms with Crippen LogP contribution in [0.15, 0.2) is 36.7 Å². The van der Waals surface area contributed by atoms with Crippen molar-refractivity contribution in [3.05, 3.63) is 48.0 Å². The summed E-state index contributed by atoms with van der Waals surface area (Å²) in [6, 6.07) is 8.64. The molecule has 1 aromatic heterocycles. The molecular weight excluding hydrogens is 383 g/mol. The number of fused-ring (bicyclic) bond motifs is 1. The predicted octanol–water partition coefficient (Wildman–Crippen LogP) is 4.69. The first kappa shape index (κ1) is 20.3. The molecule has 3 aromatic rings. The highest BCUT2D eigenvalue weighted by Crippen LogP contribution is 2.35. The minimum atomic E-state index is -0.235. The van der Waals surface area contributed by atoms with E-state index in [4.69, 9.17) is 9.47 Å². The molecular formula is C23H27FN4O2. The van der Waals surface area contributed by atoms with Crippen LogP contribution in [0.4, 0.5) is 15.9 Å². The zero-order valence-corrected chi connectivity index (χ0v) is 17.4. The monoisotopic (exact) mass is 410 g/mol. The van der Waals surface area contributed by atoms with E-state index >= 15 is 0 Å². The summed E-state index contributed by atoms with van der Waals surface area (Å²) in [7, 11) is 1.62. The van der Waals surface area contributed by atoms with Gasteiger partial charge in [-0.3, -0.25) is 0 Å². The molecule has 2 heterocycles. The quantitative estimate of drug-likeness (QED) is 0.544. The van der Waals surface area contributed by atoms with E-state index in [1.54, 1.807) is 26.2 Å². The number of benzene rings is 2. The van der Waals surface area contributed by atoms with Crippen molar-refractivity contribution >= 4 is 22.4 Å². The van der Waals surface area contributed by atoms with Crippen LogP contribution < -0.4 is 14.8 Å². The molecule has 2 aromatic carbocycles. The first-order valence-electron chi connectivity index (χ1n) is 10.3. The maximum atomic E-state index is 13.6. The second-order valence-corrected chi connectivity index (χ2v) is 7.58.